The monoisotopic (exact) mass is 310 g/mol. The summed E-state index contributed by atoms with van der Waals surface area (Å²) in [6, 6.07) is 0. The standard InChI is InChI=1S/C21H26O2/c1-3-10-21(23)12-9-19-18-6-4-14-13-15(22)5-7-16(14)17(18)8-11-20(19,21)2/h13,18-19,23H,4-9,11-12H2,1-2H3/t18?,19?,20?,21-/m0/s1. The van der Waals surface area contributed by atoms with Crippen molar-refractivity contribution in [2.24, 2.45) is 17.3 Å². The fourth-order valence-corrected chi connectivity index (χ4v) is 5.96. The van der Waals surface area contributed by atoms with Crippen molar-refractivity contribution in [2.45, 2.75) is 70.8 Å². The first-order valence-corrected chi connectivity index (χ1v) is 9.10. The Morgan fingerprint density at radius 3 is 2.78 bits per heavy atom. The normalized spacial score (nSPS) is 42.2. The second kappa shape index (κ2) is 5.08. The number of fused-ring (bicyclic) bond motifs is 4. The lowest BCUT2D eigenvalue weighted by molar-refractivity contribution is -0.114. The van der Waals surface area contributed by atoms with Crippen LogP contribution in [0, 0.1) is 29.1 Å². The van der Waals surface area contributed by atoms with E-state index in [1.54, 1.807) is 5.57 Å². The minimum atomic E-state index is -0.804. The van der Waals surface area contributed by atoms with Crippen LogP contribution in [0.15, 0.2) is 22.8 Å². The second-order valence-electron chi connectivity index (χ2n) is 8.08. The van der Waals surface area contributed by atoms with Crippen LogP contribution in [-0.2, 0) is 4.79 Å². The number of carbonyl (C=O) groups is 1. The molecule has 4 atom stereocenters. The number of allylic oxidation sites excluding steroid dienone is 4. The summed E-state index contributed by atoms with van der Waals surface area (Å²) in [7, 11) is 0. The van der Waals surface area contributed by atoms with Gasteiger partial charge in [0.25, 0.3) is 0 Å². The Balaban J connectivity index is 1.74. The molecule has 2 fully saturated rings. The lowest BCUT2D eigenvalue weighted by Gasteiger charge is -2.50. The summed E-state index contributed by atoms with van der Waals surface area (Å²) >= 11 is 0. The zero-order valence-electron chi connectivity index (χ0n) is 14.2. The van der Waals surface area contributed by atoms with Crippen molar-refractivity contribution in [1.82, 2.24) is 0 Å². The van der Waals surface area contributed by atoms with Crippen LogP contribution >= 0.6 is 0 Å². The van der Waals surface area contributed by atoms with Crippen LogP contribution in [0.4, 0.5) is 0 Å². The van der Waals surface area contributed by atoms with Crippen molar-refractivity contribution in [2.75, 3.05) is 0 Å². The number of hydrogen-bond acceptors (Lipinski definition) is 2. The summed E-state index contributed by atoms with van der Waals surface area (Å²) in [6.07, 6.45) is 9.72. The highest BCUT2D eigenvalue weighted by molar-refractivity contribution is 5.93. The highest BCUT2D eigenvalue weighted by atomic mass is 16.3. The predicted molar refractivity (Wildman–Crippen MR) is 90.5 cm³/mol. The van der Waals surface area contributed by atoms with Gasteiger partial charge in [0.15, 0.2) is 5.78 Å². The lowest BCUT2D eigenvalue weighted by Crippen LogP contribution is -2.49. The average molecular weight is 310 g/mol. The molecule has 0 aromatic heterocycles. The van der Waals surface area contributed by atoms with E-state index >= 15 is 0 Å². The summed E-state index contributed by atoms with van der Waals surface area (Å²) in [5, 5.41) is 11.2. The third-order valence-corrected chi connectivity index (χ3v) is 7.22. The molecule has 0 amide bonds. The fourth-order valence-electron chi connectivity index (χ4n) is 5.96. The molecule has 122 valence electrons. The molecule has 4 aliphatic rings. The van der Waals surface area contributed by atoms with E-state index in [0.29, 0.717) is 24.0 Å². The van der Waals surface area contributed by atoms with Gasteiger partial charge in [-0.05, 0) is 80.9 Å². The van der Waals surface area contributed by atoms with Crippen LogP contribution in [0.1, 0.15) is 65.2 Å². The molecule has 0 heterocycles. The van der Waals surface area contributed by atoms with Crippen molar-refractivity contribution >= 4 is 5.78 Å². The van der Waals surface area contributed by atoms with Gasteiger partial charge in [-0.3, -0.25) is 4.79 Å². The van der Waals surface area contributed by atoms with Crippen LogP contribution in [0.5, 0.6) is 0 Å². The van der Waals surface area contributed by atoms with Crippen LogP contribution in [0.3, 0.4) is 0 Å². The molecular weight excluding hydrogens is 284 g/mol. The molecule has 0 bridgehead atoms. The van der Waals surface area contributed by atoms with Crippen molar-refractivity contribution in [3.05, 3.63) is 22.8 Å². The Labute approximate surface area is 139 Å². The van der Waals surface area contributed by atoms with Crippen molar-refractivity contribution in [1.29, 1.82) is 0 Å². The molecule has 3 unspecified atom stereocenters. The molecule has 23 heavy (non-hydrogen) atoms. The van der Waals surface area contributed by atoms with Gasteiger partial charge in [-0.25, -0.2) is 0 Å². The van der Waals surface area contributed by atoms with Gasteiger partial charge < -0.3 is 5.11 Å². The first kappa shape index (κ1) is 15.2. The summed E-state index contributed by atoms with van der Waals surface area (Å²) in [5.41, 5.74) is 3.56. The van der Waals surface area contributed by atoms with E-state index < -0.39 is 5.60 Å². The molecule has 0 spiro atoms. The average Bonchev–Trinajstić information content (AvgIpc) is 2.79. The van der Waals surface area contributed by atoms with Gasteiger partial charge in [0, 0.05) is 11.8 Å². The quantitative estimate of drug-likeness (QED) is 0.688. The molecule has 1 N–H and O–H groups in total. The molecule has 0 aromatic rings. The maximum absolute atomic E-state index is 11.7. The highest BCUT2D eigenvalue weighted by Crippen LogP contribution is 2.63. The molecular formula is C21H26O2. The Morgan fingerprint density at radius 2 is 2.00 bits per heavy atom. The second-order valence-corrected chi connectivity index (χ2v) is 8.08. The van der Waals surface area contributed by atoms with E-state index in [0.717, 1.165) is 44.9 Å². The van der Waals surface area contributed by atoms with E-state index in [4.69, 9.17) is 0 Å². The molecule has 2 saturated carbocycles. The number of ketones is 1. The van der Waals surface area contributed by atoms with Crippen LogP contribution in [0.2, 0.25) is 0 Å². The van der Waals surface area contributed by atoms with Gasteiger partial charge >= 0.3 is 0 Å². The maximum atomic E-state index is 11.7. The SMILES string of the molecule is CC#C[C@]1(O)CCC2C3CCC4=CC(=O)CCC4=C3CCC21C. The first-order chi connectivity index (χ1) is 11.0. The van der Waals surface area contributed by atoms with Gasteiger partial charge in [0.2, 0.25) is 0 Å². The van der Waals surface area contributed by atoms with Crippen molar-refractivity contribution < 1.29 is 9.90 Å². The number of carbonyl (C=O) groups excluding carboxylic acids is 1. The Bertz CT molecular complexity index is 686. The van der Waals surface area contributed by atoms with E-state index in [1.807, 2.05) is 13.0 Å². The van der Waals surface area contributed by atoms with Gasteiger partial charge in [0.05, 0.1) is 0 Å². The Kier molecular flexibility index (Phi) is 3.36. The number of rotatable bonds is 0. The predicted octanol–water partition coefficient (Wildman–Crippen LogP) is 3.95. The lowest BCUT2D eigenvalue weighted by atomic mass is 9.55. The first-order valence-electron chi connectivity index (χ1n) is 9.10. The van der Waals surface area contributed by atoms with E-state index in [2.05, 4.69) is 18.8 Å². The molecule has 0 aromatic carbocycles. The zero-order valence-corrected chi connectivity index (χ0v) is 14.2. The fraction of sp³-hybridized carbons (Fsp3) is 0.667. The number of aliphatic hydroxyl groups is 1. The molecule has 0 aliphatic heterocycles. The van der Waals surface area contributed by atoms with Crippen molar-refractivity contribution in [3.8, 4) is 11.8 Å². The van der Waals surface area contributed by atoms with Crippen LogP contribution < -0.4 is 0 Å². The molecule has 0 saturated heterocycles. The van der Waals surface area contributed by atoms with Gasteiger partial charge in [-0.15, -0.1) is 5.92 Å². The Morgan fingerprint density at radius 1 is 1.17 bits per heavy atom. The minimum Gasteiger partial charge on any atom is -0.377 e. The Hall–Kier alpha value is -1.33. The van der Waals surface area contributed by atoms with Crippen molar-refractivity contribution in [3.63, 3.8) is 0 Å². The summed E-state index contributed by atoms with van der Waals surface area (Å²) in [6.45, 7) is 4.10. The van der Waals surface area contributed by atoms with Crippen LogP contribution in [0.25, 0.3) is 0 Å². The number of hydrogen-bond donors (Lipinski definition) is 1. The third kappa shape index (κ3) is 2.02. The van der Waals surface area contributed by atoms with Gasteiger partial charge in [0.1, 0.15) is 5.60 Å². The van der Waals surface area contributed by atoms with E-state index in [1.165, 1.54) is 11.1 Å². The van der Waals surface area contributed by atoms with E-state index in [-0.39, 0.29) is 5.41 Å². The largest absolute Gasteiger partial charge is 0.377 e. The summed E-state index contributed by atoms with van der Waals surface area (Å²) in [5.74, 6) is 7.57. The summed E-state index contributed by atoms with van der Waals surface area (Å²) < 4.78 is 0. The molecule has 4 aliphatic carbocycles. The molecule has 2 nitrogen and oxygen atoms in total. The highest BCUT2D eigenvalue weighted by Gasteiger charge is 2.60. The van der Waals surface area contributed by atoms with Gasteiger partial charge in [-0.2, -0.15) is 0 Å². The smallest absolute Gasteiger partial charge is 0.156 e. The van der Waals surface area contributed by atoms with E-state index in [9.17, 15) is 9.90 Å². The summed E-state index contributed by atoms with van der Waals surface area (Å²) in [4.78, 5) is 11.7. The minimum absolute atomic E-state index is 0.0730. The molecule has 2 heteroatoms. The molecule has 4 rings (SSSR count). The maximum Gasteiger partial charge on any atom is 0.156 e. The van der Waals surface area contributed by atoms with Crippen LogP contribution in [-0.4, -0.2) is 16.5 Å². The van der Waals surface area contributed by atoms with Gasteiger partial charge in [-0.1, -0.05) is 18.4 Å². The topological polar surface area (TPSA) is 37.3 Å². The molecule has 0 radical (unpaired) electrons. The zero-order chi connectivity index (χ0) is 16.2. The third-order valence-electron chi connectivity index (χ3n) is 7.22.